The van der Waals surface area contributed by atoms with Crippen molar-refractivity contribution in [1.82, 2.24) is 0 Å². The molecule has 2 aliphatic rings. The fourth-order valence-corrected chi connectivity index (χ4v) is 3.83. The topological polar surface area (TPSA) is 46.2 Å². The molecule has 2 fully saturated rings. The second kappa shape index (κ2) is 6.49. The molecule has 0 aromatic carbocycles. The highest BCUT2D eigenvalue weighted by Gasteiger charge is 2.54. The molecule has 0 amide bonds. The van der Waals surface area contributed by atoms with Crippen LogP contribution in [0.15, 0.2) is 0 Å². The molecule has 0 unspecified atom stereocenters. The van der Waals surface area contributed by atoms with E-state index in [1.54, 1.807) is 0 Å². The van der Waals surface area contributed by atoms with Gasteiger partial charge in [-0.1, -0.05) is 0 Å². The maximum atomic E-state index is 6.32. The van der Waals surface area contributed by atoms with E-state index in [1.165, 1.54) is 0 Å². The van der Waals surface area contributed by atoms with Gasteiger partial charge in [0.15, 0.2) is 15.3 Å². The van der Waals surface area contributed by atoms with Gasteiger partial charge in [-0.25, -0.2) is 0 Å². The summed E-state index contributed by atoms with van der Waals surface area (Å²) in [6.45, 7) is 17.2. The first-order valence-corrected chi connectivity index (χ1v) is 11.0. The second-order valence-corrected chi connectivity index (χ2v) is 10.8. The fraction of sp³-hybridized carbons (Fsp3) is 1.00. The van der Waals surface area contributed by atoms with Crippen LogP contribution in [0.5, 0.6) is 0 Å². The molecule has 2 heterocycles. The van der Waals surface area contributed by atoms with Gasteiger partial charge in [0.25, 0.3) is 0 Å². The van der Waals surface area contributed by atoms with Crippen LogP contribution in [0.4, 0.5) is 0 Å². The summed E-state index contributed by atoms with van der Waals surface area (Å²) < 4.78 is 30.6. The van der Waals surface area contributed by atoms with Crippen LogP contribution in [0.25, 0.3) is 0 Å². The van der Waals surface area contributed by atoms with Crippen LogP contribution in [0.2, 0.25) is 13.1 Å². The molecular formula is C16H32O5Si. The molecule has 22 heavy (non-hydrogen) atoms. The van der Waals surface area contributed by atoms with E-state index < -0.39 is 9.04 Å². The zero-order valence-corrected chi connectivity index (χ0v) is 16.4. The van der Waals surface area contributed by atoms with Crippen molar-refractivity contribution in [2.45, 2.75) is 96.5 Å². The van der Waals surface area contributed by atoms with Crippen LogP contribution in [0.1, 0.15) is 41.5 Å². The zero-order chi connectivity index (χ0) is 16.7. The quantitative estimate of drug-likeness (QED) is 0.740. The third kappa shape index (κ3) is 4.76. The molecule has 0 aliphatic carbocycles. The molecule has 130 valence electrons. The summed E-state index contributed by atoms with van der Waals surface area (Å²) in [7, 11) is -1.25. The van der Waals surface area contributed by atoms with Crippen LogP contribution < -0.4 is 0 Å². The highest BCUT2D eigenvalue weighted by molar-refractivity contribution is 6.48. The normalized spacial score (nSPS) is 36.1. The van der Waals surface area contributed by atoms with Crippen LogP contribution in [-0.2, 0) is 23.4 Å². The van der Waals surface area contributed by atoms with E-state index in [-0.39, 0.29) is 41.9 Å². The Morgan fingerprint density at radius 1 is 0.864 bits per heavy atom. The molecule has 2 aliphatic heterocycles. The van der Waals surface area contributed by atoms with Crippen molar-refractivity contribution >= 4 is 9.04 Å². The lowest BCUT2D eigenvalue weighted by molar-refractivity contribution is -0.277. The molecular weight excluding hydrogens is 300 g/mol. The molecule has 0 N–H and O–H groups in total. The average Bonchev–Trinajstić information content (AvgIpc) is 2.72. The largest absolute Gasteiger partial charge is 0.412 e. The van der Waals surface area contributed by atoms with E-state index in [1.807, 2.05) is 20.8 Å². The maximum absolute atomic E-state index is 6.32. The van der Waals surface area contributed by atoms with Crippen LogP contribution in [0, 0.1) is 0 Å². The molecule has 0 spiro atoms. The maximum Gasteiger partial charge on any atom is 0.187 e. The summed E-state index contributed by atoms with van der Waals surface area (Å²) in [5, 5.41) is 0. The minimum atomic E-state index is -1.25. The van der Waals surface area contributed by atoms with Gasteiger partial charge < -0.3 is 23.4 Å². The lowest BCUT2D eigenvalue weighted by Crippen LogP contribution is -2.60. The van der Waals surface area contributed by atoms with Crippen molar-refractivity contribution in [1.29, 1.82) is 0 Å². The van der Waals surface area contributed by atoms with Gasteiger partial charge in [0, 0.05) is 0 Å². The zero-order valence-electron chi connectivity index (χ0n) is 15.2. The SMILES string of the molecule is C[SiH](C)O[C@@H]1[C@@H](OC(C)(C)C)[C@@H]2OC[C@@H](O2)[C@H]1OC(C)(C)C. The van der Waals surface area contributed by atoms with Gasteiger partial charge in [0.1, 0.15) is 24.4 Å². The van der Waals surface area contributed by atoms with Crippen LogP contribution >= 0.6 is 0 Å². The lowest BCUT2D eigenvalue weighted by atomic mass is 9.98. The van der Waals surface area contributed by atoms with Crippen molar-refractivity contribution in [3.05, 3.63) is 0 Å². The predicted octanol–water partition coefficient (Wildman–Crippen LogP) is 2.48. The first-order valence-electron chi connectivity index (χ1n) is 8.24. The van der Waals surface area contributed by atoms with Gasteiger partial charge in [-0.3, -0.25) is 0 Å². The van der Waals surface area contributed by atoms with Crippen molar-refractivity contribution in [3.63, 3.8) is 0 Å². The van der Waals surface area contributed by atoms with E-state index in [2.05, 4.69) is 33.9 Å². The average molecular weight is 333 g/mol. The van der Waals surface area contributed by atoms with E-state index in [0.717, 1.165) is 0 Å². The van der Waals surface area contributed by atoms with Crippen molar-refractivity contribution in [2.24, 2.45) is 0 Å². The van der Waals surface area contributed by atoms with Crippen molar-refractivity contribution < 1.29 is 23.4 Å². The predicted molar refractivity (Wildman–Crippen MR) is 87.6 cm³/mol. The number of rotatable bonds is 4. The Hall–Kier alpha value is 0.0169. The number of ether oxygens (including phenoxy) is 4. The van der Waals surface area contributed by atoms with Gasteiger partial charge in [-0.2, -0.15) is 0 Å². The van der Waals surface area contributed by atoms with Crippen molar-refractivity contribution in [3.8, 4) is 0 Å². The Morgan fingerprint density at radius 3 is 1.91 bits per heavy atom. The van der Waals surface area contributed by atoms with E-state index in [4.69, 9.17) is 23.4 Å². The van der Waals surface area contributed by atoms with Gasteiger partial charge in [0.2, 0.25) is 0 Å². The molecule has 0 saturated carbocycles. The summed E-state index contributed by atoms with van der Waals surface area (Å²) in [6, 6.07) is 0. The molecule has 6 heteroatoms. The summed E-state index contributed by atoms with van der Waals surface area (Å²) in [4.78, 5) is 0. The molecule has 0 aromatic heterocycles. The molecule has 0 aromatic rings. The first kappa shape index (κ1) is 18.4. The third-order valence-corrected chi connectivity index (χ3v) is 4.28. The summed E-state index contributed by atoms with van der Waals surface area (Å²) in [6.07, 6.45) is -1.01. The number of fused-ring (bicyclic) bond motifs is 2. The number of hydrogen-bond acceptors (Lipinski definition) is 5. The molecule has 2 bridgehead atoms. The van der Waals surface area contributed by atoms with Gasteiger partial charge in [-0.15, -0.1) is 0 Å². The minimum absolute atomic E-state index is 0.0817. The van der Waals surface area contributed by atoms with E-state index in [0.29, 0.717) is 6.61 Å². The Kier molecular flexibility index (Phi) is 5.42. The van der Waals surface area contributed by atoms with E-state index in [9.17, 15) is 0 Å². The standard InChI is InChI=1S/C16H32O5Si/c1-15(2,3)19-11-10-9-17-14(18-10)13(20-16(4,5)6)12(11)21-22(7)8/h10-14,22H,9H2,1-8H3/t10-,11-,12+,13-,14-/m1/s1. The Labute approximate surface area is 136 Å². The highest BCUT2D eigenvalue weighted by Crippen LogP contribution is 2.37. The second-order valence-electron chi connectivity index (χ2n) is 8.42. The van der Waals surface area contributed by atoms with Crippen molar-refractivity contribution in [2.75, 3.05) is 6.61 Å². The molecule has 0 radical (unpaired) electrons. The highest BCUT2D eigenvalue weighted by atomic mass is 28.3. The Morgan fingerprint density at radius 2 is 1.41 bits per heavy atom. The fourth-order valence-electron chi connectivity index (χ4n) is 2.89. The first-order chi connectivity index (χ1) is 9.96. The Bertz CT molecular complexity index is 344. The molecule has 2 saturated heterocycles. The lowest BCUT2D eigenvalue weighted by Gasteiger charge is -2.45. The van der Waals surface area contributed by atoms with Gasteiger partial charge in [0.05, 0.1) is 17.8 Å². The smallest absolute Gasteiger partial charge is 0.187 e. The van der Waals surface area contributed by atoms with E-state index >= 15 is 0 Å². The third-order valence-electron chi connectivity index (χ3n) is 3.42. The minimum Gasteiger partial charge on any atom is -0.412 e. The molecule has 5 atom stereocenters. The summed E-state index contributed by atoms with van der Waals surface area (Å²) >= 11 is 0. The van der Waals surface area contributed by atoms with Gasteiger partial charge in [-0.05, 0) is 54.6 Å². The van der Waals surface area contributed by atoms with Crippen LogP contribution in [0.3, 0.4) is 0 Å². The molecule has 2 rings (SSSR count). The summed E-state index contributed by atoms with van der Waals surface area (Å²) in [5.41, 5.74) is -0.560. The number of hydrogen-bond donors (Lipinski definition) is 0. The van der Waals surface area contributed by atoms with Gasteiger partial charge >= 0.3 is 0 Å². The Balaban J connectivity index is 2.25. The monoisotopic (exact) mass is 332 g/mol. The van der Waals surface area contributed by atoms with Crippen LogP contribution in [-0.4, -0.2) is 57.6 Å². The summed E-state index contributed by atoms with van der Waals surface area (Å²) in [5.74, 6) is 0. The molecule has 5 nitrogen and oxygen atoms in total.